The van der Waals surface area contributed by atoms with Gasteiger partial charge in [-0.1, -0.05) is 42.8 Å². The maximum absolute atomic E-state index is 14.1. The Morgan fingerprint density at radius 3 is 2.43 bits per heavy atom. The van der Waals surface area contributed by atoms with Gasteiger partial charge in [0.25, 0.3) is 0 Å². The van der Waals surface area contributed by atoms with Gasteiger partial charge in [0, 0.05) is 36.7 Å². The summed E-state index contributed by atoms with van der Waals surface area (Å²) in [4.78, 5) is 44.6. The van der Waals surface area contributed by atoms with Crippen LogP contribution in [0.15, 0.2) is 48.5 Å². The molecule has 2 fully saturated rings. The predicted octanol–water partition coefficient (Wildman–Crippen LogP) is 4.75. The molecular formula is C28H31N3O4. The number of carboxylic acid groups (broad SMARTS) is 1. The summed E-state index contributed by atoms with van der Waals surface area (Å²) < 4.78 is 0. The number of carbonyl (C=O) groups excluding carboxylic acids is 2. The molecule has 0 bridgehead atoms. The number of anilines is 2. The van der Waals surface area contributed by atoms with E-state index in [1.165, 1.54) is 5.56 Å². The van der Waals surface area contributed by atoms with Crippen molar-refractivity contribution in [3.63, 3.8) is 0 Å². The molecule has 6 rings (SSSR count). The summed E-state index contributed by atoms with van der Waals surface area (Å²) in [5, 5.41) is 9.17. The highest BCUT2D eigenvalue weighted by Crippen LogP contribution is 2.53. The van der Waals surface area contributed by atoms with Crippen LogP contribution in [0.25, 0.3) is 0 Å². The molecule has 0 saturated heterocycles. The van der Waals surface area contributed by atoms with Crippen LogP contribution in [-0.2, 0) is 16.0 Å². The molecule has 2 aromatic carbocycles. The molecular weight excluding hydrogens is 442 g/mol. The number of urea groups is 1. The molecule has 3 atom stereocenters. The fraction of sp³-hybridized carbons (Fsp3) is 0.464. The highest BCUT2D eigenvalue weighted by Gasteiger charge is 2.52. The van der Waals surface area contributed by atoms with E-state index in [0.717, 1.165) is 55.5 Å². The van der Waals surface area contributed by atoms with Gasteiger partial charge < -0.3 is 10.0 Å². The van der Waals surface area contributed by atoms with Gasteiger partial charge in [-0.05, 0) is 55.4 Å². The van der Waals surface area contributed by atoms with Crippen molar-refractivity contribution in [1.82, 2.24) is 4.90 Å². The van der Waals surface area contributed by atoms with Crippen LogP contribution in [-0.4, -0.2) is 46.5 Å². The van der Waals surface area contributed by atoms with Crippen LogP contribution >= 0.6 is 0 Å². The van der Waals surface area contributed by atoms with Crippen LogP contribution in [0.1, 0.15) is 62.1 Å². The summed E-state index contributed by atoms with van der Waals surface area (Å²) in [5.74, 6) is -0.866. The zero-order valence-corrected chi connectivity index (χ0v) is 19.8. The molecule has 7 nitrogen and oxygen atoms in total. The van der Waals surface area contributed by atoms with E-state index in [1.807, 2.05) is 51.1 Å². The zero-order valence-electron chi connectivity index (χ0n) is 19.8. The first-order chi connectivity index (χ1) is 17.0. The number of benzene rings is 2. The lowest BCUT2D eigenvalue weighted by atomic mass is 9.81. The summed E-state index contributed by atoms with van der Waals surface area (Å²) in [6.07, 6.45) is 5.55. The van der Waals surface area contributed by atoms with Crippen molar-refractivity contribution in [1.29, 1.82) is 0 Å². The van der Waals surface area contributed by atoms with E-state index in [-0.39, 0.29) is 48.8 Å². The monoisotopic (exact) mass is 473 g/mol. The van der Waals surface area contributed by atoms with Crippen molar-refractivity contribution in [3.05, 3.63) is 59.7 Å². The Morgan fingerprint density at radius 1 is 0.914 bits per heavy atom. The summed E-state index contributed by atoms with van der Waals surface area (Å²) in [5.41, 5.74) is 4.12. The number of hydrogen-bond donors (Lipinski definition) is 1. The van der Waals surface area contributed by atoms with Crippen LogP contribution in [0.5, 0.6) is 0 Å². The normalized spacial score (nSPS) is 24.5. The minimum atomic E-state index is -0.945. The number of nitrogens with zero attached hydrogens (tertiary/aromatic N) is 3. The second-order valence-corrected chi connectivity index (χ2v) is 10.3. The standard InChI is InChI=1S/C28H31N3O4/c32-25(14-15-26(33)34)30(19-12-13-19)27-20-7-2-4-10-23(20)31(24-11-5-8-21(24)27)28(35)29-17-16-18-6-1-3-9-22(18)29/h1-4,6-7,9-10,19,21,24,27H,5,8,11-17H2,(H,33,34)/t21-,24+,27-/m0/s1. The smallest absolute Gasteiger partial charge is 0.329 e. The molecule has 2 aromatic rings. The Bertz CT molecular complexity index is 1180. The van der Waals surface area contributed by atoms with Gasteiger partial charge in [-0.2, -0.15) is 0 Å². The molecule has 2 aliphatic carbocycles. The number of carbonyl (C=O) groups is 3. The van der Waals surface area contributed by atoms with Gasteiger partial charge >= 0.3 is 12.0 Å². The Kier molecular flexibility index (Phi) is 5.50. The van der Waals surface area contributed by atoms with Gasteiger partial charge in [0.1, 0.15) is 0 Å². The Labute approximate surface area is 205 Å². The number of rotatable bonds is 5. The van der Waals surface area contributed by atoms with Gasteiger partial charge in [-0.15, -0.1) is 0 Å². The minimum absolute atomic E-state index is 0.0212. The average molecular weight is 474 g/mol. The molecule has 0 unspecified atom stereocenters. The van der Waals surface area contributed by atoms with E-state index in [0.29, 0.717) is 6.54 Å². The van der Waals surface area contributed by atoms with E-state index in [9.17, 15) is 14.4 Å². The van der Waals surface area contributed by atoms with E-state index < -0.39 is 5.97 Å². The van der Waals surface area contributed by atoms with Gasteiger partial charge in [-0.3, -0.25) is 19.4 Å². The second kappa shape index (κ2) is 8.70. The molecule has 7 heteroatoms. The highest BCUT2D eigenvalue weighted by atomic mass is 16.4. The molecule has 35 heavy (non-hydrogen) atoms. The SMILES string of the molecule is O=C(O)CCC(=O)N(C1CC1)[C@H]1c2ccccc2N(C(=O)N2CCc3ccccc32)[C@@H]2CCC[C@@H]21. The lowest BCUT2D eigenvalue weighted by molar-refractivity contribution is -0.142. The molecule has 0 spiro atoms. The Balaban J connectivity index is 1.39. The van der Waals surface area contributed by atoms with Crippen molar-refractivity contribution < 1.29 is 19.5 Å². The first-order valence-corrected chi connectivity index (χ1v) is 12.8. The van der Waals surface area contributed by atoms with Crippen LogP contribution in [0.3, 0.4) is 0 Å². The number of para-hydroxylation sites is 2. The molecule has 0 aromatic heterocycles. The molecule has 2 heterocycles. The number of fused-ring (bicyclic) bond motifs is 3. The molecule has 4 aliphatic rings. The molecule has 2 saturated carbocycles. The lowest BCUT2D eigenvalue weighted by Crippen LogP contribution is -2.56. The lowest BCUT2D eigenvalue weighted by Gasteiger charge is -2.48. The van der Waals surface area contributed by atoms with Crippen LogP contribution in [0.4, 0.5) is 16.2 Å². The molecule has 2 aliphatic heterocycles. The molecule has 0 radical (unpaired) electrons. The summed E-state index contributed by atoms with van der Waals surface area (Å²) >= 11 is 0. The topological polar surface area (TPSA) is 81.2 Å². The predicted molar refractivity (Wildman–Crippen MR) is 132 cm³/mol. The third kappa shape index (κ3) is 3.77. The van der Waals surface area contributed by atoms with E-state index in [4.69, 9.17) is 5.11 Å². The van der Waals surface area contributed by atoms with Crippen LogP contribution < -0.4 is 9.80 Å². The summed E-state index contributed by atoms with van der Waals surface area (Å²) in [6.45, 7) is 0.680. The molecule has 1 N–H and O–H groups in total. The van der Waals surface area contributed by atoms with Crippen molar-refractivity contribution >= 4 is 29.3 Å². The van der Waals surface area contributed by atoms with Crippen molar-refractivity contribution in [2.45, 2.75) is 69.5 Å². The fourth-order valence-electron chi connectivity index (χ4n) is 6.57. The van der Waals surface area contributed by atoms with Crippen molar-refractivity contribution in [2.24, 2.45) is 5.92 Å². The first-order valence-electron chi connectivity index (χ1n) is 12.8. The van der Waals surface area contributed by atoms with Crippen LogP contribution in [0.2, 0.25) is 0 Å². The third-order valence-corrected chi connectivity index (χ3v) is 8.19. The summed E-state index contributed by atoms with van der Waals surface area (Å²) in [7, 11) is 0. The third-order valence-electron chi connectivity index (χ3n) is 8.19. The van der Waals surface area contributed by atoms with E-state index >= 15 is 0 Å². The fourth-order valence-corrected chi connectivity index (χ4v) is 6.57. The van der Waals surface area contributed by atoms with E-state index in [2.05, 4.69) is 12.1 Å². The zero-order chi connectivity index (χ0) is 24.1. The Morgan fingerprint density at radius 2 is 1.66 bits per heavy atom. The maximum atomic E-state index is 14.1. The summed E-state index contributed by atoms with van der Waals surface area (Å²) in [6, 6.07) is 16.3. The number of amides is 3. The van der Waals surface area contributed by atoms with Gasteiger partial charge in [0.05, 0.1) is 18.2 Å². The largest absolute Gasteiger partial charge is 0.481 e. The molecule has 182 valence electrons. The highest BCUT2D eigenvalue weighted by molar-refractivity contribution is 6.06. The van der Waals surface area contributed by atoms with Crippen molar-refractivity contribution in [2.75, 3.05) is 16.3 Å². The quantitative estimate of drug-likeness (QED) is 0.679. The number of carboxylic acids is 1. The average Bonchev–Trinajstić information content (AvgIpc) is 3.41. The molecule has 3 amide bonds. The van der Waals surface area contributed by atoms with Gasteiger partial charge in [-0.25, -0.2) is 4.79 Å². The minimum Gasteiger partial charge on any atom is -0.481 e. The van der Waals surface area contributed by atoms with E-state index in [1.54, 1.807) is 0 Å². The van der Waals surface area contributed by atoms with Gasteiger partial charge in [0.15, 0.2) is 0 Å². The van der Waals surface area contributed by atoms with Crippen LogP contribution in [0, 0.1) is 5.92 Å². The number of hydrogen-bond acceptors (Lipinski definition) is 3. The van der Waals surface area contributed by atoms with Gasteiger partial charge in [0.2, 0.25) is 5.91 Å². The van der Waals surface area contributed by atoms with Crippen molar-refractivity contribution in [3.8, 4) is 0 Å². The Hall–Kier alpha value is -3.35. The number of aliphatic carboxylic acids is 1. The first kappa shape index (κ1) is 22.1. The second-order valence-electron chi connectivity index (χ2n) is 10.3. The maximum Gasteiger partial charge on any atom is 0.329 e.